The van der Waals surface area contributed by atoms with Crippen molar-refractivity contribution in [1.29, 1.82) is 0 Å². The van der Waals surface area contributed by atoms with Crippen molar-refractivity contribution in [2.75, 3.05) is 19.5 Å². The van der Waals surface area contributed by atoms with Crippen molar-refractivity contribution in [1.82, 2.24) is 9.55 Å². The number of aromatic nitrogens is 2. The van der Waals surface area contributed by atoms with Crippen molar-refractivity contribution in [2.45, 2.75) is 12.3 Å². The van der Waals surface area contributed by atoms with E-state index in [0.29, 0.717) is 28.7 Å². The molecule has 1 aliphatic rings. The van der Waals surface area contributed by atoms with Crippen molar-refractivity contribution < 1.29 is 24.2 Å². The summed E-state index contributed by atoms with van der Waals surface area (Å²) < 4.78 is 12.5. The number of hydrogen-bond donors (Lipinski definition) is 2. The molecule has 8 nitrogen and oxygen atoms in total. The molecule has 0 spiro atoms. The van der Waals surface area contributed by atoms with Gasteiger partial charge in [-0.1, -0.05) is 12.1 Å². The first-order valence-corrected chi connectivity index (χ1v) is 8.94. The molecule has 0 aliphatic carbocycles. The first-order valence-electron chi connectivity index (χ1n) is 8.94. The van der Waals surface area contributed by atoms with Crippen molar-refractivity contribution in [3.8, 4) is 17.2 Å². The van der Waals surface area contributed by atoms with Gasteiger partial charge in [0.25, 0.3) is 0 Å². The lowest BCUT2D eigenvalue weighted by atomic mass is 9.89. The minimum atomic E-state index is -0.993. The third-order valence-corrected chi connectivity index (χ3v) is 4.98. The highest BCUT2D eigenvalue weighted by Crippen LogP contribution is 2.39. The minimum Gasteiger partial charge on any atom is -0.497 e. The summed E-state index contributed by atoms with van der Waals surface area (Å²) in [4.78, 5) is 28.1. The molecule has 4 rings (SSSR count). The maximum atomic E-state index is 12.4. The van der Waals surface area contributed by atoms with Gasteiger partial charge in [0.05, 0.1) is 31.2 Å². The van der Waals surface area contributed by atoms with Crippen LogP contribution in [0.25, 0.3) is 5.69 Å². The second-order valence-electron chi connectivity index (χ2n) is 6.62. The van der Waals surface area contributed by atoms with Crippen LogP contribution in [0.2, 0.25) is 0 Å². The smallest absolute Gasteiger partial charge is 0.335 e. The summed E-state index contributed by atoms with van der Waals surface area (Å²) in [6.45, 7) is 0. The second kappa shape index (κ2) is 7.31. The van der Waals surface area contributed by atoms with E-state index in [-0.39, 0.29) is 23.8 Å². The Bertz CT molecular complexity index is 1090. The van der Waals surface area contributed by atoms with E-state index in [2.05, 4.69) is 10.3 Å². The number of rotatable bonds is 5. The van der Waals surface area contributed by atoms with E-state index in [4.69, 9.17) is 14.6 Å². The van der Waals surface area contributed by atoms with E-state index in [1.165, 1.54) is 12.1 Å². The average Bonchev–Trinajstić information content (AvgIpc) is 3.16. The van der Waals surface area contributed by atoms with E-state index in [1.807, 2.05) is 0 Å². The first kappa shape index (κ1) is 18.5. The van der Waals surface area contributed by atoms with E-state index in [1.54, 1.807) is 55.4 Å². The molecule has 0 unspecified atom stereocenters. The topological polar surface area (TPSA) is 103 Å². The number of aromatic carboxylic acids is 1. The highest BCUT2D eigenvalue weighted by Gasteiger charge is 2.31. The normalized spacial score (nSPS) is 15.4. The third-order valence-electron chi connectivity index (χ3n) is 4.98. The lowest BCUT2D eigenvalue weighted by molar-refractivity contribution is -0.116. The summed E-state index contributed by atoms with van der Waals surface area (Å²) in [6.07, 6.45) is 1.86. The average molecular weight is 393 g/mol. The van der Waals surface area contributed by atoms with E-state index < -0.39 is 5.97 Å². The van der Waals surface area contributed by atoms with Crippen LogP contribution in [0.5, 0.6) is 11.5 Å². The fourth-order valence-electron chi connectivity index (χ4n) is 3.51. The summed E-state index contributed by atoms with van der Waals surface area (Å²) in [5.41, 5.74) is 2.41. The predicted molar refractivity (Wildman–Crippen MR) is 105 cm³/mol. The largest absolute Gasteiger partial charge is 0.497 e. The Morgan fingerprint density at radius 1 is 1.17 bits per heavy atom. The Labute approximate surface area is 166 Å². The van der Waals surface area contributed by atoms with Gasteiger partial charge in [-0.05, 0) is 29.8 Å². The van der Waals surface area contributed by atoms with Crippen molar-refractivity contribution in [3.63, 3.8) is 0 Å². The molecule has 29 heavy (non-hydrogen) atoms. The van der Waals surface area contributed by atoms with Crippen LogP contribution in [0.15, 0.2) is 48.8 Å². The maximum absolute atomic E-state index is 12.4. The summed E-state index contributed by atoms with van der Waals surface area (Å²) in [5.74, 6) is 0.389. The molecule has 0 fully saturated rings. The molecule has 0 bridgehead atoms. The number of carboxylic acids is 1. The second-order valence-corrected chi connectivity index (χ2v) is 6.62. The Hall–Kier alpha value is -3.81. The molecule has 1 aliphatic heterocycles. The van der Waals surface area contributed by atoms with Gasteiger partial charge in [0.2, 0.25) is 5.91 Å². The predicted octanol–water partition coefficient (Wildman–Crippen LogP) is 3.06. The molecule has 3 aromatic rings. The van der Waals surface area contributed by atoms with Crippen LogP contribution in [0.1, 0.15) is 34.0 Å². The standard InChI is InChI=1S/C21H19N3O5/c1-28-14-7-8-17(29-2)16(9-14)24-11-22-19-15(10-18(25)23-20(19)24)12-3-5-13(6-4-12)21(26)27/h3-9,11,15H,10H2,1-2H3,(H,23,25)(H,26,27)/t15-/m0/s1. The van der Waals surface area contributed by atoms with E-state index in [0.717, 1.165) is 5.56 Å². The molecule has 0 saturated heterocycles. The lowest BCUT2D eigenvalue weighted by Crippen LogP contribution is -2.25. The zero-order chi connectivity index (χ0) is 20.5. The molecule has 1 aromatic heterocycles. The quantitative estimate of drug-likeness (QED) is 0.691. The van der Waals surface area contributed by atoms with E-state index >= 15 is 0 Å². The fraction of sp³-hybridized carbons (Fsp3) is 0.190. The molecule has 2 heterocycles. The van der Waals surface area contributed by atoms with Gasteiger partial charge in [-0.2, -0.15) is 0 Å². The number of amides is 1. The number of carboxylic acid groups (broad SMARTS) is 1. The Morgan fingerprint density at radius 2 is 1.93 bits per heavy atom. The molecular weight excluding hydrogens is 374 g/mol. The first-order chi connectivity index (χ1) is 14.0. The zero-order valence-electron chi connectivity index (χ0n) is 15.9. The number of nitrogens with one attached hydrogen (secondary N) is 1. The lowest BCUT2D eigenvalue weighted by Gasteiger charge is -2.24. The number of carbonyl (C=O) groups is 2. The van der Waals surface area contributed by atoms with Crippen molar-refractivity contribution >= 4 is 17.7 Å². The van der Waals surface area contributed by atoms with Gasteiger partial charge in [-0.15, -0.1) is 0 Å². The van der Waals surface area contributed by atoms with Crippen molar-refractivity contribution in [3.05, 3.63) is 65.6 Å². The van der Waals surface area contributed by atoms with Crippen LogP contribution in [0, 0.1) is 0 Å². The summed E-state index contributed by atoms with van der Waals surface area (Å²) in [5, 5.41) is 12.0. The van der Waals surface area contributed by atoms with Gasteiger partial charge < -0.3 is 19.9 Å². The number of imidazole rings is 1. The van der Waals surface area contributed by atoms with Gasteiger partial charge >= 0.3 is 5.97 Å². The zero-order valence-corrected chi connectivity index (χ0v) is 15.9. The summed E-state index contributed by atoms with van der Waals surface area (Å²) in [7, 11) is 3.15. The number of ether oxygens (including phenoxy) is 2. The SMILES string of the molecule is COc1ccc(OC)c(-n2cnc3c2NC(=O)C[C@H]3c2ccc(C(=O)O)cc2)c1. The number of methoxy groups -OCH3 is 2. The Morgan fingerprint density at radius 3 is 2.59 bits per heavy atom. The van der Waals surface area contributed by atoms with Crippen molar-refractivity contribution in [2.24, 2.45) is 0 Å². The molecule has 1 atom stereocenters. The number of anilines is 1. The molecule has 0 saturated carbocycles. The highest BCUT2D eigenvalue weighted by atomic mass is 16.5. The number of benzene rings is 2. The highest BCUT2D eigenvalue weighted by molar-refractivity contribution is 5.94. The van der Waals surface area contributed by atoms with Gasteiger partial charge in [0, 0.05) is 18.4 Å². The molecular formula is C21H19N3O5. The Balaban J connectivity index is 1.80. The summed E-state index contributed by atoms with van der Waals surface area (Å²) in [6, 6.07) is 11.9. The van der Waals surface area contributed by atoms with Gasteiger partial charge in [-0.25, -0.2) is 9.78 Å². The number of fused-ring (bicyclic) bond motifs is 1. The summed E-state index contributed by atoms with van der Waals surface area (Å²) >= 11 is 0. The number of nitrogens with zero attached hydrogens (tertiary/aromatic N) is 2. The Kier molecular flexibility index (Phi) is 4.67. The molecule has 2 N–H and O–H groups in total. The van der Waals surface area contributed by atoms with Crippen LogP contribution >= 0.6 is 0 Å². The molecule has 148 valence electrons. The van der Waals surface area contributed by atoms with E-state index in [9.17, 15) is 9.59 Å². The van der Waals surface area contributed by atoms with Crippen LogP contribution in [0.3, 0.4) is 0 Å². The van der Waals surface area contributed by atoms with Gasteiger partial charge in [0.1, 0.15) is 23.6 Å². The maximum Gasteiger partial charge on any atom is 0.335 e. The van der Waals surface area contributed by atoms with Gasteiger partial charge in [-0.3, -0.25) is 9.36 Å². The molecule has 2 aromatic carbocycles. The number of hydrogen-bond acceptors (Lipinski definition) is 5. The van der Waals surface area contributed by atoms with Crippen LogP contribution in [0.4, 0.5) is 5.82 Å². The van der Waals surface area contributed by atoms with Crippen LogP contribution < -0.4 is 14.8 Å². The minimum absolute atomic E-state index is 0.145. The number of carbonyl (C=O) groups excluding carboxylic acids is 1. The molecule has 8 heteroatoms. The molecule has 0 radical (unpaired) electrons. The monoisotopic (exact) mass is 393 g/mol. The van der Waals surface area contributed by atoms with Crippen LogP contribution in [-0.2, 0) is 4.79 Å². The van der Waals surface area contributed by atoms with Crippen LogP contribution in [-0.4, -0.2) is 40.8 Å². The third kappa shape index (κ3) is 3.29. The fourth-order valence-corrected chi connectivity index (χ4v) is 3.51. The molecule has 1 amide bonds. The van der Waals surface area contributed by atoms with Gasteiger partial charge in [0.15, 0.2) is 0 Å².